The Kier molecular flexibility index (Phi) is 5.21. The standard InChI is InChI=1S/C15H16ClNO2/c1-18-15-8-7-14(16)9-13(15)10-17-19-11-12-5-3-2-4-6-12/h2-9,17H,10-11H2,1H3. The number of hydrogen-bond donors (Lipinski definition) is 1. The van der Waals surface area contributed by atoms with Gasteiger partial charge in [-0.15, -0.1) is 0 Å². The highest BCUT2D eigenvalue weighted by Crippen LogP contribution is 2.22. The number of nitrogens with one attached hydrogen (secondary N) is 1. The molecule has 1 N–H and O–H groups in total. The van der Waals surface area contributed by atoms with Crippen LogP contribution in [-0.2, 0) is 18.0 Å². The summed E-state index contributed by atoms with van der Waals surface area (Å²) in [5.74, 6) is 0.792. The van der Waals surface area contributed by atoms with E-state index >= 15 is 0 Å². The van der Waals surface area contributed by atoms with E-state index in [-0.39, 0.29) is 0 Å². The first-order chi connectivity index (χ1) is 9.29. The maximum atomic E-state index is 5.96. The lowest BCUT2D eigenvalue weighted by Gasteiger charge is -2.10. The van der Waals surface area contributed by atoms with Crippen molar-refractivity contribution in [1.29, 1.82) is 0 Å². The summed E-state index contributed by atoms with van der Waals surface area (Å²) in [6, 6.07) is 15.5. The molecule has 2 aromatic rings. The summed E-state index contributed by atoms with van der Waals surface area (Å²) >= 11 is 5.96. The minimum Gasteiger partial charge on any atom is -0.496 e. The predicted octanol–water partition coefficient (Wildman–Crippen LogP) is 3.57. The van der Waals surface area contributed by atoms with E-state index in [0.29, 0.717) is 18.2 Å². The van der Waals surface area contributed by atoms with Crippen molar-refractivity contribution in [3.8, 4) is 5.75 Å². The van der Waals surface area contributed by atoms with Gasteiger partial charge in [0.25, 0.3) is 0 Å². The van der Waals surface area contributed by atoms with Gasteiger partial charge in [-0.3, -0.25) is 4.84 Å². The molecule has 0 aliphatic rings. The van der Waals surface area contributed by atoms with Crippen molar-refractivity contribution in [1.82, 2.24) is 5.48 Å². The maximum absolute atomic E-state index is 5.96. The SMILES string of the molecule is COc1ccc(Cl)cc1CNOCc1ccccc1. The Morgan fingerprint density at radius 1 is 1.11 bits per heavy atom. The second kappa shape index (κ2) is 7.14. The fourth-order valence-electron chi connectivity index (χ4n) is 1.72. The van der Waals surface area contributed by atoms with E-state index in [4.69, 9.17) is 21.2 Å². The average Bonchev–Trinajstić information content (AvgIpc) is 2.45. The molecule has 0 aliphatic carbocycles. The lowest BCUT2D eigenvalue weighted by molar-refractivity contribution is 0.0231. The van der Waals surface area contributed by atoms with E-state index in [1.165, 1.54) is 0 Å². The monoisotopic (exact) mass is 277 g/mol. The average molecular weight is 278 g/mol. The van der Waals surface area contributed by atoms with Gasteiger partial charge in [0.2, 0.25) is 0 Å². The first kappa shape index (κ1) is 13.9. The molecule has 0 spiro atoms. The van der Waals surface area contributed by atoms with Crippen molar-refractivity contribution >= 4 is 11.6 Å². The van der Waals surface area contributed by atoms with E-state index in [9.17, 15) is 0 Å². The van der Waals surface area contributed by atoms with Crippen LogP contribution in [0.1, 0.15) is 11.1 Å². The zero-order valence-electron chi connectivity index (χ0n) is 10.7. The van der Waals surface area contributed by atoms with Crippen LogP contribution in [0.15, 0.2) is 48.5 Å². The molecule has 0 radical (unpaired) electrons. The zero-order valence-corrected chi connectivity index (χ0v) is 11.5. The molecule has 19 heavy (non-hydrogen) atoms. The summed E-state index contributed by atoms with van der Waals surface area (Å²) < 4.78 is 5.26. The Labute approximate surface area is 118 Å². The molecule has 0 aliphatic heterocycles. The minimum atomic E-state index is 0.518. The Morgan fingerprint density at radius 2 is 1.89 bits per heavy atom. The molecule has 0 saturated heterocycles. The van der Waals surface area contributed by atoms with Gasteiger partial charge in [-0.2, -0.15) is 5.48 Å². The van der Waals surface area contributed by atoms with Crippen LogP contribution in [0.2, 0.25) is 5.02 Å². The van der Waals surface area contributed by atoms with Gasteiger partial charge in [0.1, 0.15) is 5.75 Å². The van der Waals surface area contributed by atoms with Gasteiger partial charge in [0.05, 0.1) is 13.7 Å². The fourth-order valence-corrected chi connectivity index (χ4v) is 1.92. The number of benzene rings is 2. The number of hydrogen-bond acceptors (Lipinski definition) is 3. The Morgan fingerprint density at radius 3 is 2.63 bits per heavy atom. The summed E-state index contributed by atoms with van der Waals surface area (Å²) in [7, 11) is 1.64. The first-order valence-corrected chi connectivity index (χ1v) is 6.38. The Bertz CT molecular complexity index is 517. The third kappa shape index (κ3) is 4.24. The van der Waals surface area contributed by atoms with Crippen molar-refractivity contribution in [3.05, 3.63) is 64.7 Å². The Hall–Kier alpha value is -1.55. The summed E-state index contributed by atoms with van der Waals surface area (Å²) in [4.78, 5) is 5.41. The van der Waals surface area contributed by atoms with Crippen LogP contribution in [0.4, 0.5) is 0 Å². The molecular weight excluding hydrogens is 262 g/mol. The second-order valence-electron chi connectivity index (χ2n) is 4.05. The van der Waals surface area contributed by atoms with Gasteiger partial charge in [-0.1, -0.05) is 41.9 Å². The van der Waals surface area contributed by atoms with E-state index < -0.39 is 0 Å². The summed E-state index contributed by atoms with van der Waals surface area (Å²) in [5, 5.41) is 0.681. The van der Waals surface area contributed by atoms with Gasteiger partial charge in [0.15, 0.2) is 0 Å². The van der Waals surface area contributed by atoms with Gasteiger partial charge in [-0.05, 0) is 23.8 Å². The molecule has 100 valence electrons. The largest absolute Gasteiger partial charge is 0.496 e. The number of hydroxylamine groups is 1. The maximum Gasteiger partial charge on any atom is 0.123 e. The highest BCUT2D eigenvalue weighted by Gasteiger charge is 2.03. The summed E-state index contributed by atoms with van der Waals surface area (Å²) in [6.45, 7) is 1.06. The third-order valence-electron chi connectivity index (χ3n) is 2.69. The normalized spacial score (nSPS) is 10.4. The van der Waals surface area contributed by atoms with Crippen molar-refractivity contribution < 1.29 is 9.57 Å². The highest BCUT2D eigenvalue weighted by molar-refractivity contribution is 6.30. The summed E-state index contributed by atoms with van der Waals surface area (Å²) in [5.41, 5.74) is 4.99. The van der Waals surface area contributed by atoms with E-state index in [2.05, 4.69) is 5.48 Å². The van der Waals surface area contributed by atoms with E-state index in [1.807, 2.05) is 42.5 Å². The van der Waals surface area contributed by atoms with Crippen LogP contribution in [0.25, 0.3) is 0 Å². The molecular formula is C15H16ClNO2. The number of halogens is 1. The third-order valence-corrected chi connectivity index (χ3v) is 2.92. The smallest absolute Gasteiger partial charge is 0.123 e. The van der Waals surface area contributed by atoms with E-state index in [1.54, 1.807) is 13.2 Å². The quantitative estimate of drug-likeness (QED) is 0.647. The minimum absolute atomic E-state index is 0.518. The highest BCUT2D eigenvalue weighted by atomic mass is 35.5. The molecule has 0 aromatic heterocycles. The lowest BCUT2D eigenvalue weighted by atomic mass is 10.2. The van der Waals surface area contributed by atoms with Crippen LogP contribution in [0, 0.1) is 0 Å². The van der Waals surface area contributed by atoms with Crippen molar-refractivity contribution in [2.24, 2.45) is 0 Å². The van der Waals surface area contributed by atoms with Crippen molar-refractivity contribution in [3.63, 3.8) is 0 Å². The molecule has 0 saturated carbocycles. The molecule has 0 fully saturated rings. The molecule has 0 atom stereocenters. The first-order valence-electron chi connectivity index (χ1n) is 6.00. The van der Waals surface area contributed by atoms with Crippen LogP contribution in [0.3, 0.4) is 0 Å². The van der Waals surface area contributed by atoms with Gasteiger partial charge >= 0.3 is 0 Å². The molecule has 2 rings (SSSR count). The van der Waals surface area contributed by atoms with Gasteiger partial charge in [0, 0.05) is 17.1 Å². The van der Waals surface area contributed by atoms with Crippen molar-refractivity contribution in [2.75, 3.05) is 7.11 Å². The molecule has 0 bridgehead atoms. The van der Waals surface area contributed by atoms with E-state index in [0.717, 1.165) is 16.9 Å². The molecule has 0 heterocycles. The van der Waals surface area contributed by atoms with Crippen LogP contribution in [0.5, 0.6) is 5.75 Å². The topological polar surface area (TPSA) is 30.5 Å². The molecule has 3 nitrogen and oxygen atoms in total. The second-order valence-corrected chi connectivity index (χ2v) is 4.49. The number of ether oxygens (including phenoxy) is 1. The Balaban J connectivity index is 1.84. The van der Waals surface area contributed by atoms with Crippen LogP contribution < -0.4 is 10.2 Å². The zero-order chi connectivity index (χ0) is 13.5. The van der Waals surface area contributed by atoms with Gasteiger partial charge in [-0.25, -0.2) is 0 Å². The van der Waals surface area contributed by atoms with Crippen molar-refractivity contribution in [2.45, 2.75) is 13.2 Å². The van der Waals surface area contributed by atoms with Gasteiger partial charge < -0.3 is 4.74 Å². The molecule has 0 unspecified atom stereocenters. The fraction of sp³-hybridized carbons (Fsp3) is 0.200. The molecule has 2 aromatic carbocycles. The van der Waals surface area contributed by atoms with Crippen LogP contribution in [-0.4, -0.2) is 7.11 Å². The lowest BCUT2D eigenvalue weighted by Crippen LogP contribution is -2.14. The van der Waals surface area contributed by atoms with Crippen LogP contribution >= 0.6 is 11.6 Å². The predicted molar refractivity (Wildman–Crippen MR) is 76.1 cm³/mol. The summed E-state index contributed by atoms with van der Waals surface area (Å²) in [6.07, 6.45) is 0. The molecule has 0 amide bonds. The number of methoxy groups -OCH3 is 1. The number of rotatable bonds is 6. The molecule has 4 heteroatoms.